The number of hydrogen-bond donors (Lipinski definition) is 2. The summed E-state index contributed by atoms with van der Waals surface area (Å²) >= 11 is 0. The second kappa shape index (κ2) is 7.22. The van der Waals surface area contributed by atoms with E-state index in [1.165, 1.54) is 5.69 Å². The molecule has 1 fully saturated rings. The topological polar surface area (TPSA) is 61.4 Å². The summed E-state index contributed by atoms with van der Waals surface area (Å²) in [5.74, 6) is -0.396. The fourth-order valence-corrected chi connectivity index (χ4v) is 2.54. The van der Waals surface area contributed by atoms with Gasteiger partial charge in [-0.1, -0.05) is 12.1 Å². The van der Waals surface area contributed by atoms with Gasteiger partial charge >= 0.3 is 0 Å². The fraction of sp³-hybridized carbons (Fsp3) is 0.500. The zero-order valence-electron chi connectivity index (χ0n) is 12.7. The number of nitrogens with one attached hydrogen (secondary N) is 2. The molecule has 1 aliphatic rings. The Hall–Kier alpha value is -1.88. The second-order valence-electron chi connectivity index (χ2n) is 5.22. The number of anilines is 1. The van der Waals surface area contributed by atoms with Crippen molar-refractivity contribution in [3.63, 3.8) is 0 Å². The molecular formula is C16H23N3O2. The third-order valence-electron chi connectivity index (χ3n) is 3.86. The average molecular weight is 289 g/mol. The molecule has 21 heavy (non-hydrogen) atoms. The number of hydrogen-bond acceptors (Lipinski definition) is 4. The van der Waals surface area contributed by atoms with Crippen molar-refractivity contribution in [3.05, 3.63) is 29.8 Å². The molecule has 1 aromatic carbocycles. The number of amides is 2. The molecule has 0 spiro atoms. The summed E-state index contributed by atoms with van der Waals surface area (Å²) in [4.78, 5) is 25.0. The third-order valence-corrected chi connectivity index (χ3v) is 3.86. The van der Waals surface area contributed by atoms with E-state index in [-0.39, 0.29) is 17.9 Å². The average Bonchev–Trinajstić information content (AvgIpc) is 2.49. The summed E-state index contributed by atoms with van der Waals surface area (Å²) in [6, 6.07) is 8.09. The minimum Gasteiger partial charge on any atom is -0.372 e. The molecule has 2 N–H and O–H groups in total. The molecule has 2 rings (SSSR count). The molecule has 0 bridgehead atoms. The van der Waals surface area contributed by atoms with Crippen LogP contribution < -0.4 is 15.5 Å². The predicted molar refractivity (Wildman–Crippen MR) is 83.0 cm³/mol. The number of nitrogens with zero attached hydrogens (tertiary/aromatic N) is 1. The van der Waals surface area contributed by atoms with Gasteiger partial charge in [0, 0.05) is 31.7 Å². The lowest BCUT2D eigenvalue weighted by molar-refractivity contribution is -0.134. The van der Waals surface area contributed by atoms with Gasteiger partial charge in [0.25, 0.3) is 0 Å². The Morgan fingerprint density at radius 3 is 2.43 bits per heavy atom. The Morgan fingerprint density at radius 1 is 1.19 bits per heavy atom. The minimum absolute atomic E-state index is 0.179. The maximum atomic E-state index is 11.6. The van der Waals surface area contributed by atoms with Gasteiger partial charge in [-0.3, -0.25) is 14.9 Å². The zero-order valence-corrected chi connectivity index (χ0v) is 12.7. The van der Waals surface area contributed by atoms with Crippen LogP contribution in [0.1, 0.15) is 32.3 Å². The summed E-state index contributed by atoms with van der Waals surface area (Å²) in [5, 5.41) is 5.56. The summed E-state index contributed by atoms with van der Waals surface area (Å²) in [7, 11) is 0. The van der Waals surface area contributed by atoms with Crippen LogP contribution in [-0.2, 0) is 16.1 Å². The Balaban J connectivity index is 1.89. The van der Waals surface area contributed by atoms with Crippen LogP contribution in [0.2, 0.25) is 0 Å². The minimum atomic E-state index is -0.273. The van der Waals surface area contributed by atoms with E-state index in [4.69, 9.17) is 0 Å². The first-order chi connectivity index (χ1) is 10.1. The van der Waals surface area contributed by atoms with Crippen molar-refractivity contribution in [2.24, 2.45) is 0 Å². The molecule has 1 aromatic rings. The van der Waals surface area contributed by atoms with E-state index in [0.29, 0.717) is 19.4 Å². The van der Waals surface area contributed by atoms with E-state index in [9.17, 15) is 9.59 Å². The van der Waals surface area contributed by atoms with Gasteiger partial charge < -0.3 is 10.2 Å². The van der Waals surface area contributed by atoms with E-state index in [0.717, 1.165) is 18.7 Å². The summed E-state index contributed by atoms with van der Waals surface area (Å²) in [6.07, 6.45) is 0.979. The molecular weight excluding hydrogens is 266 g/mol. The SMILES string of the molecule is CCN(CC)c1ccc(CNC2CCC(=O)NC2=O)cc1. The normalized spacial score (nSPS) is 18.5. The van der Waals surface area contributed by atoms with E-state index >= 15 is 0 Å². The summed E-state index contributed by atoms with van der Waals surface area (Å²) in [5.41, 5.74) is 2.35. The van der Waals surface area contributed by atoms with Crippen LogP contribution in [0.25, 0.3) is 0 Å². The monoisotopic (exact) mass is 289 g/mol. The molecule has 1 saturated heterocycles. The van der Waals surface area contributed by atoms with Gasteiger partial charge in [0.05, 0.1) is 6.04 Å². The van der Waals surface area contributed by atoms with Crippen molar-refractivity contribution >= 4 is 17.5 Å². The largest absolute Gasteiger partial charge is 0.372 e. The molecule has 1 heterocycles. The van der Waals surface area contributed by atoms with Gasteiger partial charge in [-0.2, -0.15) is 0 Å². The highest BCUT2D eigenvalue weighted by atomic mass is 16.2. The third kappa shape index (κ3) is 4.04. The van der Waals surface area contributed by atoms with E-state index in [1.807, 2.05) is 0 Å². The molecule has 0 radical (unpaired) electrons. The second-order valence-corrected chi connectivity index (χ2v) is 5.22. The number of benzene rings is 1. The van der Waals surface area contributed by atoms with Crippen LogP contribution >= 0.6 is 0 Å². The van der Waals surface area contributed by atoms with Gasteiger partial charge in [-0.15, -0.1) is 0 Å². The molecule has 5 heteroatoms. The van der Waals surface area contributed by atoms with Crippen LogP contribution in [0.3, 0.4) is 0 Å². The number of piperidine rings is 1. The van der Waals surface area contributed by atoms with Crippen LogP contribution in [0.5, 0.6) is 0 Å². The molecule has 0 aromatic heterocycles. The molecule has 5 nitrogen and oxygen atoms in total. The number of carbonyl (C=O) groups is 2. The van der Waals surface area contributed by atoms with Crippen LogP contribution in [-0.4, -0.2) is 30.9 Å². The molecule has 1 unspecified atom stereocenters. The molecule has 2 amide bonds. The predicted octanol–water partition coefficient (Wildman–Crippen LogP) is 1.43. The zero-order chi connectivity index (χ0) is 15.2. The maximum absolute atomic E-state index is 11.6. The highest BCUT2D eigenvalue weighted by Crippen LogP contribution is 2.15. The van der Waals surface area contributed by atoms with Crippen LogP contribution in [0, 0.1) is 0 Å². The highest BCUT2D eigenvalue weighted by molar-refractivity contribution is 6.00. The summed E-state index contributed by atoms with van der Waals surface area (Å²) < 4.78 is 0. The standard InChI is InChI=1S/C16H23N3O2/c1-3-19(4-2)13-7-5-12(6-8-13)11-17-14-9-10-15(20)18-16(14)21/h5-8,14,17H,3-4,9-11H2,1-2H3,(H,18,20,21). The van der Waals surface area contributed by atoms with E-state index < -0.39 is 0 Å². The fourth-order valence-electron chi connectivity index (χ4n) is 2.54. The first-order valence-corrected chi connectivity index (χ1v) is 7.55. The van der Waals surface area contributed by atoms with Crippen molar-refractivity contribution in [1.82, 2.24) is 10.6 Å². The Bertz CT molecular complexity index is 495. The summed E-state index contributed by atoms with van der Waals surface area (Å²) in [6.45, 7) is 6.89. The maximum Gasteiger partial charge on any atom is 0.243 e. The Morgan fingerprint density at radius 2 is 1.86 bits per heavy atom. The van der Waals surface area contributed by atoms with Crippen molar-refractivity contribution in [3.8, 4) is 0 Å². The molecule has 0 aliphatic carbocycles. The molecule has 0 saturated carbocycles. The van der Waals surface area contributed by atoms with Crippen molar-refractivity contribution in [1.29, 1.82) is 0 Å². The molecule has 1 atom stereocenters. The van der Waals surface area contributed by atoms with Crippen molar-refractivity contribution in [2.75, 3.05) is 18.0 Å². The van der Waals surface area contributed by atoms with Crippen LogP contribution in [0.4, 0.5) is 5.69 Å². The smallest absolute Gasteiger partial charge is 0.243 e. The lowest BCUT2D eigenvalue weighted by atomic mass is 10.1. The van der Waals surface area contributed by atoms with Gasteiger partial charge in [-0.25, -0.2) is 0 Å². The number of imide groups is 1. The van der Waals surface area contributed by atoms with Crippen molar-refractivity contribution in [2.45, 2.75) is 39.3 Å². The Kier molecular flexibility index (Phi) is 5.33. The first kappa shape index (κ1) is 15.5. The van der Waals surface area contributed by atoms with Crippen LogP contribution in [0.15, 0.2) is 24.3 Å². The number of rotatable bonds is 6. The molecule has 114 valence electrons. The lowest BCUT2D eigenvalue weighted by Gasteiger charge is -2.23. The quantitative estimate of drug-likeness (QED) is 0.778. The Labute approximate surface area is 125 Å². The van der Waals surface area contributed by atoms with Gasteiger partial charge in [0.1, 0.15) is 0 Å². The lowest BCUT2D eigenvalue weighted by Crippen LogP contribution is -2.50. The van der Waals surface area contributed by atoms with E-state index in [1.54, 1.807) is 0 Å². The number of carbonyl (C=O) groups excluding carboxylic acids is 2. The van der Waals surface area contributed by atoms with Crippen molar-refractivity contribution < 1.29 is 9.59 Å². The first-order valence-electron chi connectivity index (χ1n) is 7.55. The van der Waals surface area contributed by atoms with Gasteiger partial charge in [0.15, 0.2) is 0 Å². The highest BCUT2D eigenvalue weighted by Gasteiger charge is 2.25. The van der Waals surface area contributed by atoms with Gasteiger partial charge in [-0.05, 0) is 38.0 Å². The molecule has 1 aliphatic heterocycles. The van der Waals surface area contributed by atoms with E-state index in [2.05, 4.69) is 53.6 Å². The van der Waals surface area contributed by atoms with Gasteiger partial charge in [0.2, 0.25) is 11.8 Å².